The molecule has 2 rings (SSSR count). The molecule has 0 spiro atoms. The molecule has 2 atom stereocenters. The Hall–Kier alpha value is -0.870. The molecule has 112 valence electrons. The van der Waals surface area contributed by atoms with E-state index in [4.69, 9.17) is 0 Å². The zero-order valence-electron chi connectivity index (χ0n) is 12.4. The summed E-state index contributed by atoms with van der Waals surface area (Å²) in [6.07, 6.45) is 6.21. The lowest BCUT2D eigenvalue weighted by atomic mass is 9.96. The normalized spacial score (nSPS) is 24.9. The van der Waals surface area contributed by atoms with E-state index in [-0.39, 0.29) is 11.3 Å². The molecule has 1 aromatic carbocycles. The minimum atomic E-state index is -3.26. The number of hydrogen-bond acceptors (Lipinski definition) is 3. The van der Waals surface area contributed by atoms with Crippen molar-refractivity contribution < 1.29 is 8.42 Å². The lowest BCUT2D eigenvalue weighted by molar-refractivity contribution is 0.405. The summed E-state index contributed by atoms with van der Waals surface area (Å²) in [6.45, 7) is 1.88. The van der Waals surface area contributed by atoms with Gasteiger partial charge in [-0.1, -0.05) is 43.9 Å². The van der Waals surface area contributed by atoms with E-state index in [1.54, 1.807) is 6.07 Å². The van der Waals surface area contributed by atoms with Crippen LogP contribution in [0.3, 0.4) is 0 Å². The van der Waals surface area contributed by atoms with E-state index in [0.717, 1.165) is 37.7 Å². The first-order chi connectivity index (χ1) is 9.57. The Labute approximate surface area is 122 Å². The quantitative estimate of drug-likeness (QED) is 0.932. The van der Waals surface area contributed by atoms with E-state index in [2.05, 4.69) is 5.32 Å². The first-order valence-corrected chi connectivity index (χ1v) is 9.09. The van der Waals surface area contributed by atoms with Gasteiger partial charge in [0, 0.05) is 6.04 Å². The molecule has 0 amide bonds. The molecule has 0 radical (unpaired) electrons. The van der Waals surface area contributed by atoms with Crippen LogP contribution in [0.2, 0.25) is 0 Å². The zero-order valence-corrected chi connectivity index (χ0v) is 13.2. The number of sulfone groups is 1. The smallest absolute Gasteiger partial charge is 0.183 e. The van der Waals surface area contributed by atoms with Crippen molar-refractivity contribution in [2.45, 2.75) is 61.6 Å². The van der Waals surface area contributed by atoms with Gasteiger partial charge in [-0.2, -0.15) is 0 Å². The molecule has 0 heterocycles. The molecule has 4 heteroatoms. The Morgan fingerprint density at radius 3 is 2.35 bits per heavy atom. The van der Waals surface area contributed by atoms with Crippen molar-refractivity contribution in [3.05, 3.63) is 29.8 Å². The molecule has 1 aliphatic carbocycles. The second-order valence-corrected chi connectivity index (χ2v) is 7.87. The maximum absolute atomic E-state index is 13.0. The average Bonchev–Trinajstić information content (AvgIpc) is 2.38. The van der Waals surface area contributed by atoms with Crippen LogP contribution in [-0.4, -0.2) is 26.8 Å². The third kappa shape index (κ3) is 3.23. The monoisotopic (exact) mass is 295 g/mol. The van der Waals surface area contributed by atoms with E-state index in [1.807, 2.05) is 32.2 Å². The highest BCUT2D eigenvalue weighted by Crippen LogP contribution is 2.29. The van der Waals surface area contributed by atoms with Crippen LogP contribution < -0.4 is 5.32 Å². The van der Waals surface area contributed by atoms with E-state index < -0.39 is 9.84 Å². The Morgan fingerprint density at radius 2 is 1.70 bits per heavy atom. The molecule has 3 nitrogen and oxygen atoms in total. The van der Waals surface area contributed by atoms with Crippen LogP contribution in [0.4, 0.5) is 0 Å². The summed E-state index contributed by atoms with van der Waals surface area (Å²) >= 11 is 0. The highest BCUT2D eigenvalue weighted by atomic mass is 32.2. The second kappa shape index (κ2) is 6.72. The molecular formula is C16H25NO2S. The van der Waals surface area contributed by atoms with Crippen LogP contribution >= 0.6 is 0 Å². The molecule has 1 N–H and O–H groups in total. The van der Waals surface area contributed by atoms with Gasteiger partial charge < -0.3 is 5.32 Å². The molecule has 1 aliphatic rings. The molecule has 0 bridgehead atoms. The molecule has 1 saturated carbocycles. The summed E-state index contributed by atoms with van der Waals surface area (Å²) in [6, 6.07) is 7.40. The van der Waals surface area contributed by atoms with E-state index >= 15 is 0 Å². The number of rotatable bonds is 3. The fourth-order valence-corrected chi connectivity index (χ4v) is 5.48. The van der Waals surface area contributed by atoms with Crippen molar-refractivity contribution in [1.29, 1.82) is 0 Å². The van der Waals surface area contributed by atoms with Crippen LogP contribution in [-0.2, 0) is 9.84 Å². The predicted molar refractivity (Wildman–Crippen MR) is 82.7 cm³/mol. The van der Waals surface area contributed by atoms with E-state index in [1.165, 1.54) is 6.42 Å². The summed E-state index contributed by atoms with van der Waals surface area (Å²) in [7, 11) is -1.37. The summed E-state index contributed by atoms with van der Waals surface area (Å²) in [5.41, 5.74) is 0.851. The third-order valence-electron chi connectivity index (χ3n) is 4.37. The van der Waals surface area contributed by atoms with Gasteiger partial charge in [0.2, 0.25) is 0 Å². The van der Waals surface area contributed by atoms with Crippen LogP contribution in [0.25, 0.3) is 0 Å². The van der Waals surface area contributed by atoms with Crippen molar-refractivity contribution >= 4 is 9.84 Å². The van der Waals surface area contributed by atoms with Crippen LogP contribution in [0.1, 0.15) is 44.1 Å². The van der Waals surface area contributed by atoms with E-state index in [0.29, 0.717) is 4.90 Å². The maximum Gasteiger partial charge on any atom is 0.183 e. The van der Waals surface area contributed by atoms with Crippen molar-refractivity contribution in [2.75, 3.05) is 7.05 Å². The Morgan fingerprint density at radius 1 is 1.05 bits per heavy atom. The van der Waals surface area contributed by atoms with Gasteiger partial charge in [-0.3, -0.25) is 0 Å². The Bertz CT molecular complexity index is 539. The number of hydrogen-bond donors (Lipinski definition) is 1. The van der Waals surface area contributed by atoms with Gasteiger partial charge in [0.25, 0.3) is 0 Å². The van der Waals surface area contributed by atoms with Crippen LogP contribution in [0.15, 0.2) is 29.2 Å². The molecular weight excluding hydrogens is 270 g/mol. The molecule has 1 aromatic rings. The minimum Gasteiger partial charge on any atom is -0.316 e. The topological polar surface area (TPSA) is 46.2 Å². The molecule has 0 aliphatic heterocycles. The molecule has 1 fully saturated rings. The van der Waals surface area contributed by atoms with Gasteiger partial charge in [0.15, 0.2) is 9.84 Å². The number of aryl methyl sites for hydroxylation is 1. The third-order valence-corrected chi connectivity index (χ3v) is 6.80. The summed E-state index contributed by atoms with van der Waals surface area (Å²) in [5, 5.41) is 2.94. The fraction of sp³-hybridized carbons (Fsp3) is 0.625. The highest BCUT2D eigenvalue weighted by molar-refractivity contribution is 7.92. The standard InChI is InChI=1S/C16H25NO2S/c1-13-9-7-8-11-15(13)20(18,19)16-12-6-4-3-5-10-14(16)17-2/h7-9,11,14,16-17H,3-6,10,12H2,1-2H3. The fourth-order valence-electron chi connectivity index (χ4n) is 3.19. The van der Waals surface area contributed by atoms with Gasteiger partial charge in [-0.15, -0.1) is 0 Å². The zero-order chi connectivity index (χ0) is 14.6. The Kier molecular flexibility index (Phi) is 5.22. The largest absolute Gasteiger partial charge is 0.316 e. The molecule has 0 saturated heterocycles. The Balaban J connectivity index is 2.36. The van der Waals surface area contributed by atoms with Gasteiger partial charge in [-0.05, 0) is 38.4 Å². The summed E-state index contributed by atoms with van der Waals surface area (Å²) < 4.78 is 26.0. The van der Waals surface area contributed by atoms with Crippen LogP contribution in [0, 0.1) is 6.92 Å². The molecule has 0 aromatic heterocycles. The lowest BCUT2D eigenvalue weighted by Crippen LogP contribution is -2.43. The van der Waals surface area contributed by atoms with Crippen molar-refractivity contribution in [3.63, 3.8) is 0 Å². The number of benzene rings is 1. The first-order valence-electron chi connectivity index (χ1n) is 7.54. The molecule has 2 unspecified atom stereocenters. The second-order valence-electron chi connectivity index (χ2n) is 5.74. The summed E-state index contributed by atoms with van der Waals surface area (Å²) in [5.74, 6) is 0. The SMILES string of the molecule is CNC1CCCCCCC1S(=O)(=O)c1ccccc1C. The van der Waals surface area contributed by atoms with Crippen LogP contribution in [0.5, 0.6) is 0 Å². The van der Waals surface area contributed by atoms with Gasteiger partial charge in [0.05, 0.1) is 10.1 Å². The number of nitrogens with one attached hydrogen (secondary N) is 1. The average molecular weight is 295 g/mol. The lowest BCUT2D eigenvalue weighted by Gasteiger charge is -2.29. The van der Waals surface area contributed by atoms with Crippen molar-refractivity contribution in [3.8, 4) is 0 Å². The molecule has 20 heavy (non-hydrogen) atoms. The van der Waals surface area contributed by atoms with Crippen molar-refractivity contribution in [1.82, 2.24) is 5.32 Å². The minimum absolute atomic E-state index is 0.0694. The van der Waals surface area contributed by atoms with Crippen molar-refractivity contribution in [2.24, 2.45) is 0 Å². The highest BCUT2D eigenvalue weighted by Gasteiger charge is 2.34. The maximum atomic E-state index is 13.0. The van der Waals surface area contributed by atoms with Gasteiger partial charge in [-0.25, -0.2) is 8.42 Å². The predicted octanol–water partition coefficient (Wildman–Crippen LogP) is 3.08. The van der Waals surface area contributed by atoms with Gasteiger partial charge in [0.1, 0.15) is 0 Å². The van der Waals surface area contributed by atoms with Gasteiger partial charge >= 0.3 is 0 Å². The summed E-state index contributed by atoms with van der Waals surface area (Å²) in [4.78, 5) is 0.505. The van der Waals surface area contributed by atoms with E-state index in [9.17, 15) is 8.42 Å². The first kappa shape index (κ1) is 15.5.